The van der Waals surface area contributed by atoms with E-state index in [1.807, 2.05) is 19.4 Å². The van der Waals surface area contributed by atoms with Crippen LogP contribution in [0.4, 0.5) is 0 Å². The number of rotatable bonds is 5. The van der Waals surface area contributed by atoms with Crippen molar-refractivity contribution in [2.75, 3.05) is 13.6 Å². The van der Waals surface area contributed by atoms with E-state index in [1.54, 1.807) is 0 Å². The monoisotopic (exact) mass is 447 g/mol. The predicted octanol–water partition coefficient (Wildman–Crippen LogP) is 5.55. The molecule has 1 heterocycles. The summed E-state index contributed by atoms with van der Waals surface area (Å²) in [5.41, 5.74) is 5.82. The number of oxime groups is 1. The van der Waals surface area contributed by atoms with Crippen molar-refractivity contribution in [2.24, 2.45) is 33.7 Å². The summed E-state index contributed by atoms with van der Waals surface area (Å²) < 4.78 is 0. The third-order valence-corrected chi connectivity index (χ3v) is 9.37. The van der Waals surface area contributed by atoms with Gasteiger partial charge in [0, 0.05) is 18.9 Å². The highest BCUT2D eigenvalue weighted by molar-refractivity contribution is 5.96. The molecule has 0 radical (unpaired) electrons. The van der Waals surface area contributed by atoms with Gasteiger partial charge in [-0.25, -0.2) is 4.79 Å². The van der Waals surface area contributed by atoms with Crippen LogP contribution in [0.2, 0.25) is 0 Å². The van der Waals surface area contributed by atoms with E-state index in [0.29, 0.717) is 13.0 Å². The lowest BCUT2D eigenvalue weighted by molar-refractivity contribution is -0.143. The number of hydrogen-bond donors (Lipinski definition) is 1. The third kappa shape index (κ3) is 3.88. The molecule has 0 aromatic carbocycles. The van der Waals surface area contributed by atoms with Gasteiger partial charge in [-0.3, -0.25) is 4.98 Å². The van der Waals surface area contributed by atoms with Crippen LogP contribution in [0.15, 0.2) is 47.4 Å². The van der Waals surface area contributed by atoms with Crippen molar-refractivity contribution in [3.05, 3.63) is 47.8 Å². The van der Waals surface area contributed by atoms with Gasteiger partial charge >= 0.3 is 5.97 Å². The Hall–Kier alpha value is -2.27. The molecule has 1 aromatic heterocycles. The molecular formula is C28H37N3O2. The second-order valence-electron chi connectivity index (χ2n) is 11.0. The largest absolute Gasteiger partial charge is 0.336 e. The van der Waals surface area contributed by atoms with Gasteiger partial charge in [0.05, 0.1) is 12.1 Å². The van der Waals surface area contributed by atoms with E-state index in [1.165, 1.54) is 42.4 Å². The van der Waals surface area contributed by atoms with Crippen molar-refractivity contribution in [1.29, 1.82) is 0 Å². The maximum absolute atomic E-state index is 11.8. The van der Waals surface area contributed by atoms with Crippen LogP contribution in [0.3, 0.4) is 0 Å². The maximum Gasteiger partial charge on any atom is 0.336 e. The first kappa shape index (κ1) is 22.5. The van der Waals surface area contributed by atoms with Crippen LogP contribution in [-0.4, -0.2) is 30.3 Å². The molecule has 0 spiro atoms. The Morgan fingerprint density at radius 2 is 2.09 bits per heavy atom. The van der Waals surface area contributed by atoms with Gasteiger partial charge in [0.1, 0.15) is 0 Å². The van der Waals surface area contributed by atoms with Crippen LogP contribution in [0, 0.1) is 28.6 Å². The summed E-state index contributed by atoms with van der Waals surface area (Å²) in [5.74, 6) is 1.97. The predicted molar refractivity (Wildman–Crippen MR) is 131 cm³/mol. The number of fused-ring (bicyclic) bond motifs is 5. The lowest BCUT2D eigenvalue weighted by Crippen LogP contribution is -2.49. The van der Waals surface area contributed by atoms with Crippen molar-refractivity contribution < 1.29 is 9.63 Å². The minimum absolute atomic E-state index is 0.246. The normalized spacial score (nSPS) is 36.3. The van der Waals surface area contributed by atoms with Crippen molar-refractivity contribution in [3.63, 3.8) is 0 Å². The van der Waals surface area contributed by atoms with Crippen LogP contribution in [0.1, 0.15) is 70.8 Å². The van der Waals surface area contributed by atoms with Gasteiger partial charge in [0.2, 0.25) is 0 Å². The molecule has 33 heavy (non-hydrogen) atoms. The van der Waals surface area contributed by atoms with Crippen LogP contribution in [0.5, 0.6) is 0 Å². The summed E-state index contributed by atoms with van der Waals surface area (Å²) in [6.07, 6.45) is 17.2. The molecule has 5 rings (SSSR count). The summed E-state index contributed by atoms with van der Waals surface area (Å²) in [6.45, 7) is 5.63. The zero-order valence-corrected chi connectivity index (χ0v) is 20.3. The molecule has 5 nitrogen and oxygen atoms in total. The van der Waals surface area contributed by atoms with Crippen molar-refractivity contribution in [3.8, 4) is 0 Å². The molecule has 2 fully saturated rings. The summed E-state index contributed by atoms with van der Waals surface area (Å²) in [4.78, 5) is 21.4. The Labute approximate surface area is 197 Å². The Bertz CT molecular complexity index is 998. The van der Waals surface area contributed by atoms with E-state index in [-0.39, 0.29) is 16.8 Å². The van der Waals surface area contributed by atoms with Gasteiger partial charge in [0.25, 0.3) is 0 Å². The lowest BCUT2D eigenvalue weighted by atomic mass is 9.46. The summed E-state index contributed by atoms with van der Waals surface area (Å²) in [6, 6.07) is 4.30. The van der Waals surface area contributed by atoms with E-state index >= 15 is 0 Å². The zero-order chi connectivity index (χ0) is 23.1. The molecule has 5 heteroatoms. The number of allylic oxidation sites excluding steroid dienone is 4. The second kappa shape index (κ2) is 8.83. The highest BCUT2D eigenvalue weighted by atomic mass is 16.7. The van der Waals surface area contributed by atoms with Crippen LogP contribution >= 0.6 is 0 Å². The SMILES string of the molecule is CNCCC(=O)ON=C1C=C2CC[C@H]3[C@H](CC[C@]4(C)C(c5cccnc5)=CC[C@@H]34)[C@@]2(C)CC1. The smallest absolute Gasteiger partial charge is 0.319 e. The Balaban J connectivity index is 1.33. The summed E-state index contributed by atoms with van der Waals surface area (Å²) in [5, 5.41) is 7.19. The van der Waals surface area contributed by atoms with Gasteiger partial charge in [-0.2, -0.15) is 0 Å². The number of hydrogen-bond acceptors (Lipinski definition) is 5. The molecule has 0 bridgehead atoms. The van der Waals surface area contributed by atoms with E-state index in [4.69, 9.17) is 4.84 Å². The number of nitrogens with one attached hydrogen (secondary N) is 1. The van der Waals surface area contributed by atoms with Crippen molar-refractivity contribution in [2.45, 2.75) is 65.2 Å². The molecule has 2 saturated carbocycles. The van der Waals surface area contributed by atoms with E-state index in [2.05, 4.69) is 53.6 Å². The highest BCUT2D eigenvalue weighted by Gasteiger charge is 2.57. The standard InChI is InChI=1S/C28H37N3O2/c1-27-13-10-21(31-33-26(32)12-16-29-3)17-20(27)6-7-22-24-9-8-23(19-5-4-15-30-18-19)28(24,2)14-11-25(22)27/h4-5,8,15,17-18,22,24-25,29H,6-7,9-14,16H2,1-3H3/t22-,24+,25+,27+,28-/m1/s1. The molecule has 0 unspecified atom stereocenters. The zero-order valence-electron chi connectivity index (χ0n) is 20.3. The first-order chi connectivity index (χ1) is 16.0. The topological polar surface area (TPSA) is 63.6 Å². The minimum Gasteiger partial charge on any atom is -0.319 e. The maximum atomic E-state index is 11.8. The van der Waals surface area contributed by atoms with Gasteiger partial charge in [-0.05, 0) is 104 Å². The molecule has 1 N–H and O–H groups in total. The fraction of sp³-hybridized carbons (Fsp3) is 0.607. The van der Waals surface area contributed by atoms with Gasteiger partial charge in [0.15, 0.2) is 0 Å². The number of carbonyl (C=O) groups is 1. The average molecular weight is 448 g/mol. The number of aromatic nitrogens is 1. The summed E-state index contributed by atoms with van der Waals surface area (Å²) >= 11 is 0. The average Bonchev–Trinajstić information content (AvgIpc) is 3.19. The van der Waals surface area contributed by atoms with Gasteiger partial charge < -0.3 is 10.2 Å². The minimum atomic E-state index is -0.267. The van der Waals surface area contributed by atoms with Crippen LogP contribution in [0.25, 0.3) is 5.57 Å². The Morgan fingerprint density at radius 1 is 1.21 bits per heavy atom. The van der Waals surface area contributed by atoms with Crippen LogP contribution < -0.4 is 5.32 Å². The van der Waals surface area contributed by atoms with Crippen LogP contribution in [-0.2, 0) is 9.63 Å². The highest BCUT2D eigenvalue weighted by Crippen LogP contribution is 2.66. The second-order valence-corrected chi connectivity index (χ2v) is 11.0. The molecular weight excluding hydrogens is 410 g/mol. The fourth-order valence-electron chi connectivity index (χ4n) is 7.56. The Morgan fingerprint density at radius 3 is 2.88 bits per heavy atom. The number of pyridine rings is 1. The van der Waals surface area contributed by atoms with E-state index in [0.717, 1.165) is 42.7 Å². The Kier molecular flexibility index (Phi) is 6.02. The molecule has 0 saturated heterocycles. The molecule has 1 aromatic rings. The molecule has 4 aliphatic rings. The molecule has 4 aliphatic carbocycles. The molecule has 0 amide bonds. The summed E-state index contributed by atoms with van der Waals surface area (Å²) in [7, 11) is 1.83. The van der Waals surface area contributed by atoms with E-state index in [9.17, 15) is 4.79 Å². The van der Waals surface area contributed by atoms with Gasteiger partial charge in [-0.15, -0.1) is 0 Å². The lowest BCUT2D eigenvalue weighted by Gasteiger charge is -2.58. The van der Waals surface area contributed by atoms with E-state index < -0.39 is 0 Å². The van der Waals surface area contributed by atoms with Crippen molar-refractivity contribution in [1.82, 2.24) is 10.3 Å². The first-order valence-corrected chi connectivity index (χ1v) is 12.7. The number of nitrogens with zero attached hydrogens (tertiary/aromatic N) is 2. The fourth-order valence-corrected chi connectivity index (χ4v) is 7.56. The van der Waals surface area contributed by atoms with Gasteiger partial charge in [-0.1, -0.05) is 36.7 Å². The van der Waals surface area contributed by atoms with Crippen molar-refractivity contribution >= 4 is 17.3 Å². The molecule has 176 valence electrons. The number of carbonyl (C=O) groups excluding carboxylic acids is 1. The third-order valence-electron chi connectivity index (χ3n) is 9.37. The molecule has 5 atom stereocenters. The first-order valence-electron chi connectivity index (χ1n) is 12.7. The molecule has 0 aliphatic heterocycles. The quantitative estimate of drug-likeness (QED) is 0.475.